The lowest BCUT2D eigenvalue weighted by atomic mass is 10.3. The highest BCUT2D eigenvalue weighted by atomic mass is 35.5. The zero-order valence-corrected chi connectivity index (χ0v) is 8.59. The van der Waals surface area contributed by atoms with Crippen molar-refractivity contribution in [1.82, 2.24) is 0 Å². The molecule has 0 unspecified atom stereocenters. The molecular weight excluding hydrogens is 245 g/mol. The molecule has 1 heterocycles. The van der Waals surface area contributed by atoms with E-state index >= 15 is 0 Å². The Morgan fingerprint density at radius 1 is 1.31 bits per heavy atom. The highest BCUT2D eigenvalue weighted by Gasteiger charge is 2.42. The standard InChI is InChI=1S/C9H6ClF3N2O/c10-6-3-1-2-4-7(6)15-5-16-8(14-15)9(11,12)13/h1-4H,5H2. The summed E-state index contributed by atoms with van der Waals surface area (Å²) < 4.78 is 41.1. The number of benzene rings is 1. The second kappa shape index (κ2) is 3.86. The highest BCUT2D eigenvalue weighted by Crippen LogP contribution is 2.30. The van der Waals surface area contributed by atoms with E-state index in [1.807, 2.05) is 0 Å². The number of hydrogen-bond acceptors (Lipinski definition) is 3. The lowest BCUT2D eigenvalue weighted by Crippen LogP contribution is -2.22. The molecule has 16 heavy (non-hydrogen) atoms. The number of hydrazone groups is 1. The molecular formula is C9H6ClF3N2O. The van der Waals surface area contributed by atoms with Crippen LogP contribution >= 0.6 is 11.6 Å². The van der Waals surface area contributed by atoms with Gasteiger partial charge in [-0.3, -0.25) is 0 Å². The number of nitrogens with zero attached hydrogens (tertiary/aromatic N) is 2. The predicted molar refractivity (Wildman–Crippen MR) is 53.4 cm³/mol. The molecule has 0 bridgehead atoms. The molecule has 7 heteroatoms. The van der Waals surface area contributed by atoms with Crippen LogP contribution in [-0.4, -0.2) is 18.8 Å². The normalized spacial score (nSPS) is 16.0. The van der Waals surface area contributed by atoms with Crippen LogP contribution in [0.2, 0.25) is 5.02 Å². The molecule has 3 nitrogen and oxygen atoms in total. The average molecular weight is 251 g/mol. The molecule has 1 aromatic rings. The minimum Gasteiger partial charge on any atom is -0.450 e. The fourth-order valence-electron chi connectivity index (χ4n) is 1.21. The van der Waals surface area contributed by atoms with Gasteiger partial charge in [-0.15, -0.1) is 5.10 Å². The van der Waals surface area contributed by atoms with Crippen LogP contribution in [0.4, 0.5) is 18.9 Å². The number of rotatable bonds is 1. The topological polar surface area (TPSA) is 24.8 Å². The van der Waals surface area contributed by atoms with Crippen molar-refractivity contribution < 1.29 is 17.9 Å². The lowest BCUT2D eigenvalue weighted by Gasteiger charge is -2.12. The molecule has 0 atom stereocenters. The van der Waals surface area contributed by atoms with Crippen LogP contribution in [0, 0.1) is 0 Å². The smallest absolute Gasteiger partial charge is 0.450 e. The lowest BCUT2D eigenvalue weighted by molar-refractivity contribution is -0.0752. The number of hydrogen-bond donors (Lipinski definition) is 0. The molecule has 1 aromatic carbocycles. The summed E-state index contributed by atoms with van der Waals surface area (Å²) in [5.74, 6) is -1.26. The van der Waals surface area contributed by atoms with Crippen molar-refractivity contribution in [3.05, 3.63) is 29.3 Å². The highest BCUT2D eigenvalue weighted by molar-refractivity contribution is 6.33. The van der Waals surface area contributed by atoms with E-state index in [0.29, 0.717) is 10.7 Å². The van der Waals surface area contributed by atoms with Gasteiger partial charge in [-0.05, 0) is 12.1 Å². The third-order valence-electron chi connectivity index (χ3n) is 1.91. The Morgan fingerprint density at radius 2 is 2.00 bits per heavy atom. The monoisotopic (exact) mass is 250 g/mol. The molecule has 1 aliphatic heterocycles. The zero-order valence-electron chi connectivity index (χ0n) is 7.83. The Bertz CT molecular complexity index is 433. The van der Waals surface area contributed by atoms with Gasteiger partial charge in [-0.2, -0.15) is 13.2 Å². The first-order valence-electron chi connectivity index (χ1n) is 4.29. The molecule has 0 aliphatic carbocycles. The third-order valence-corrected chi connectivity index (χ3v) is 2.23. The van der Waals surface area contributed by atoms with Gasteiger partial charge >= 0.3 is 12.1 Å². The molecule has 0 radical (unpaired) electrons. The van der Waals surface area contributed by atoms with Crippen LogP contribution in [0.3, 0.4) is 0 Å². The van der Waals surface area contributed by atoms with Crippen LogP contribution < -0.4 is 5.01 Å². The fourth-order valence-corrected chi connectivity index (χ4v) is 1.45. The summed E-state index contributed by atoms with van der Waals surface area (Å²) in [7, 11) is 0. The van der Waals surface area contributed by atoms with Gasteiger partial charge in [0.25, 0.3) is 0 Å². The van der Waals surface area contributed by atoms with Gasteiger partial charge in [0.15, 0.2) is 6.73 Å². The number of halogens is 4. The largest absolute Gasteiger partial charge is 0.470 e. The minimum absolute atomic E-state index is 0.293. The van der Waals surface area contributed by atoms with Crippen LogP contribution in [-0.2, 0) is 4.74 Å². The van der Waals surface area contributed by atoms with Gasteiger partial charge < -0.3 is 4.74 Å². The molecule has 1 aliphatic rings. The Hall–Kier alpha value is -1.43. The summed E-state index contributed by atoms with van der Waals surface area (Å²) in [6, 6.07) is 6.46. The second-order valence-corrected chi connectivity index (χ2v) is 3.43. The van der Waals surface area contributed by atoms with E-state index in [4.69, 9.17) is 11.6 Å². The predicted octanol–water partition coefficient (Wildman–Crippen LogP) is 3.01. The van der Waals surface area contributed by atoms with Crippen molar-refractivity contribution in [2.45, 2.75) is 6.18 Å². The summed E-state index contributed by atoms with van der Waals surface area (Å²) in [4.78, 5) is 0. The number of alkyl halides is 3. The quantitative estimate of drug-likeness (QED) is 0.765. The summed E-state index contributed by atoms with van der Waals surface area (Å²) in [5, 5.41) is 4.69. The Balaban J connectivity index is 2.27. The minimum atomic E-state index is -4.57. The van der Waals surface area contributed by atoms with E-state index < -0.39 is 12.1 Å². The van der Waals surface area contributed by atoms with Crippen LogP contribution in [0.25, 0.3) is 0 Å². The van der Waals surface area contributed by atoms with Gasteiger partial charge in [0.1, 0.15) is 0 Å². The van der Waals surface area contributed by atoms with Crippen molar-refractivity contribution in [2.75, 3.05) is 11.7 Å². The summed E-state index contributed by atoms with van der Waals surface area (Å²) in [5.41, 5.74) is 0.378. The van der Waals surface area contributed by atoms with Gasteiger partial charge in [0.05, 0.1) is 10.7 Å². The Morgan fingerprint density at radius 3 is 2.56 bits per heavy atom. The third kappa shape index (κ3) is 2.06. The molecule has 2 rings (SSSR count). The number of para-hydroxylation sites is 1. The summed E-state index contributed by atoms with van der Waals surface area (Å²) in [6.07, 6.45) is -4.57. The first-order valence-corrected chi connectivity index (χ1v) is 4.67. The van der Waals surface area contributed by atoms with Crippen LogP contribution in [0.1, 0.15) is 0 Å². The summed E-state index contributed by atoms with van der Waals surface area (Å²) in [6.45, 7) is -0.293. The van der Waals surface area contributed by atoms with Crippen LogP contribution in [0.5, 0.6) is 0 Å². The number of anilines is 1. The van der Waals surface area contributed by atoms with E-state index in [2.05, 4.69) is 9.84 Å². The van der Waals surface area contributed by atoms with Crippen LogP contribution in [0.15, 0.2) is 29.4 Å². The number of ether oxygens (including phenoxy) is 1. The average Bonchev–Trinajstić information content (AvgIpc) is 2.66. The van der Waals surface area contributed by atoms with Crippen molar-refractivity contribution in [1.29, 1.82) is 0 Å². The molecule has 0 aromatic heterocycles. The van der Waals surface area contributed by atoms with Crippen molar-refractivity contribution in [3.63, 3.8) is 0 Å². The van der Waals surface area contributed by atoms with Crippen molar-refractivity contribution in [2.24, 2.45) is 5.10 Å². The van der Waals surface area contributed by atoms with E-state index in [0.717, 1.165) is 5.01 Å². The maximum absolute atomic E-state index is 12.2. The maximum Gasteiger partial charge on any atom is 0.470 e. The molecule has 0 N–H and O–H groups in total. The van der Waals surface area contributed by atoms with E-state index in [1.54, 1.807) is 24.3 Å². The first kappa shape index (κ1) is 11.1. The zero-order chi connectivity index (χ0) is 11.8. The SMILES string of the molecule is FC(F)(F)C1=NN(c2ccccc2Cl)CO1. The van der Waals surface area contributed by atoms with Gasteiger partial charge in [0.2, 0.25) is 0 Å². The Kier molecular flexibility index (Phi) is 2.67. The van der Waals surface area contributed by atoms with Crippen molar-refractivity contribution >= 4 is 23.2 Å². The Labute approximate surface area is 94.1 Å². The van der Waals surface area contributed by atoms with E-state index in [1.165, 1.54) is 0 Å². The van der Waals surface area contributed by atoms with Gasteiger partial charge in [-0.25, -0.2) is 5.01 Å². The van der Waals surface area contributed by atoms with E-state index in [9.17, 15) is 13.2 Å². The molecule has 0 saturated heterocycles. The summed E-state index contributed by atoms with van der Waals surface area (Å²) >= 11 is 5.82. The molecule has 86 valence electrons. The maximum atomic E-state index is 12.2. The van der Waals surface area contributed by atoms with Crippen molar-refractivity contribution in [3.8, 4) is 0 Å². The fraction of sp³-hybridized carbons (Fsp3) is 0.222. The second-order valence-electron chi connectivity index (χ2n) is 3.03. The van der Waals surface area contributed by atoms with Gasteiger partial charge in [0, 0.05) is 0 Å². The molecule has 0 amide bonds. The molecule has 0 fully saturated rings. The molecule has 0 saturated carbocycles. The van der Waals surface area contributed by atoms with E-state index in [-0.39, 0.29) is 6.73 Å². The van der Waals surface area contributed by atoms with Gasteiger partial charge in [-0.1, -0.05) is 23.7 Å². The molecule has 0 spiro atoms. The first-order chi connectivity index (χ1) is 7.48.